The van der Waals surface area contributed by atoms with Crippen LogP contribution < -0.4 is 0 Å². The van der Waals surface area contributed by atoms with Crippen molar-refractivity contribution in [3.05, 3.63) is 41.8 Å². The van der Waals surface area contributed by atoms with E-state index in [0.29, 0.717) is 37.5 Å². The summed E-state index contributed by atoms with van der Waals surface area (Å²) < 4.78 is 32.5. The van der Waals surface area contributed by atoms with Gasteiger partial charge in [0.15, 0.2) is 5.76 Å². The zero-order chi connectivity index (χ0) is 20.3. The minimum atomic E-state index is -3.69. The molecular formula is C19H25N3O4S2. The van der Waals surface area contributed by atoms with E-state index < -0.39 is 10.0 Å². The lowest BCUT2D eigenvalue weighted by atomic mass is 10.3. The number of thioether (sulfide) groups is 1. The van der Waals surface area contributed by atoms with Crippen LogP contribution in [0.4, 0.5) is 0 Å². The van der Waals surface area contributed by atoms with E-state index in [9.17, 15) is 13.2 Å². The Morgan fingerprint density at radius 2 is 1.86 bits per heavy atom. The molecule has 1 fully saturated rings. The zero-order valence-corrected chi connectivity index (χ0v) is 17.9. The molecule has 1 atom stereocenters. The molecule has 0 radical (unpaired) electrons. The van der Waals surface area contributed by atoms with Crippen molar-refractivity contribution < 1.29 is 17.7 Å². The maximum atomic E-state index is 13.0. The second-order valence-electron chi connectivity index (χ2n) is 6.81. The summed E-state index contributed by atoms with van der Waals surface area (Å²) >= 11 is 1.52. The van der Waals surface area contributed by atoms with Gasteiger partial charge in [0, 0.05) is 31.1 Å². The molecule has 0 N–H and O–H groups in total. The molecule has 1 aliphatic rings. The SMILES string of the molecule is Cc1noc(C)c1S(=O)(=O)N1CCCN(C(=O)C(C)Sc2ccccc2)CC1. The summed E-state index contributed by atoms with van der Waals surface area (Å²) in [5, 5.41) is 3.53. The van der Waals surface area contributed by atoms with E-state index in [2.05, 4.69) is 5.16 Å². The number of benzene rings is 1. The first-order valence-corrected chi connectivity index (χ1v) is 11.6. The van der Waals surface area contributed by atoms with Crippen molar-refractivity contribution in [1.82, 2.24) is 14.4 Å². The third kappa shape index (κ3) is 4.42. The van der Waals surface area contributed by atoms with Crippen LogP contribution in [0.2, 0.25) is 0 Å². The van der Waals surface area contributed by atoms with Crippen molar-refractivity contribution in [2.24, 2.45) is 0 Å². The van der Waals surface area contributed by atoms with Gasteiger partial charge in [-0.1, -0.05) is 23.4 Å². The van der Waals surface area contributed by atoms with Gasteiger partial charge in [-0.2, -0.15) is 4.31 Å². The van der Waals surface area contributed by atoms with Crippen LogP contribution in [0.15, 0.2) is 44.6 Å². The van der Waals surface area contributed by atoms with Crippen LogP contribution in [-0.2, 0) is 14.8 Å². The Morgan fingerprint density at radius 1 is 1.14 bits per heavy atom. The number of aromatic nitrogens is 1. The van der Waals surface area contributed by atoms with Crippen molar-refractivity contribution in [2.45, 2.75) is 42.2 Å². The largest absolute Gasteiger partial charge is 0.360 e. The number of aryl methyl sites for hydroxylation is 2. The summed E-state index contributed by atoms with van der Waals surface area (Å²) in [5.74, 6) is 0.327. The molecule has 1 aromatic heterocycles. The van der Waals surface area contributed by atoms with Gasteiger partial charge in [-0.05, 0) is 39.3 Å². The molecule has 0 bridgehead atoms. The van der Waals surface area contributed by atoms with Crippen LogP contribution >= 0.6 is 11.8 Å². The third-order valence-electron chi connectivity index (χ3n) is 4.74. The van der Waals surface area contributed by atoms with Gasteiger partial charge in [-0.15, -0.1) is 11.8 Å². The fourth-order valence-corrected chi connectivity index (χ4v) is 6.07. The number of amides is 1. The van der Waals surface area contributed by atoms with Gasteiger partial charge in [0.2, 0.25) is 15.9 Å². The fourth-order valence-electron chi connectivity index (χ4n) is 3.34. The molecule has 2 heterocycles. The van der Waals surface area contributed by atoms with Crippen LogP contribution in [-0.4, -0.2) is 60.1 Å². The summed E-state index contributed by atoms with van der Waals surface area (Å²) in [5.41, 5.74) is 0.363. The normalized spacial score (nSPS) is 17.3. The highest BCUT2D eigenvalue weighted by Crippen LogP contribution is 2.26. The quantitative estimate of drug-likeness (QED) is 0.688. The Morgan fingerprint density at radius 3 is 2.50 bits per heavy atom. The lowest BCUT2D eigenvalue weighted by Crippen LogP contribution is -2.40. The standard InChI is InChI=1S/C19H25N3O4S2/c1-14-18(15(2)26-20-14)28(24,25)22-11-7-10-21(12-13-22)19(23)16(3)27-17-8-5-4-6-9-17/h4-6,8-9,16H,7,10-13H2,1-3H3. The first kappa shape index (κ1) is 20.9. The zero-order valence-electron chi connectivity index (χ0n) is 16.3. The minimum absolute atomic E-state index is 0.0328. The average Bonchev–Trinajstić information content (AvgIpc) is 2.86. The van der Waals surface area contributed by atoms with E-state index in [1.165, 1.54) is 16.1 Å². The van der Waals surface area contributed by atoms with Gasteiger partial charge in [-0.25, -0.2) is 8.42 Å². The number of hydrogen-bond donors (Lipinski definition) is 0. The van der Waals surface area contributed by atoms with E-state index >= 15 is 0 Å². The molecule has 1 aliphatic heterocycles. The van der Waals surface area contributed by atoms with Crippen molar-refractivity contribution >= 4 is 27.7 Å². The Balaban J connectivity index is 1.67. The Labute approximate surface area is 170 Å². The van der Waals surface area contributed by atoms with Gasteiger partial charge in [0.25, 0.3) is 0 Å². The third-order valence-corrected chi connectivity index (χ3v) is 7.98. The van der Waals surface area contributed by atoms with E-state index in [0.717, 1.165) is 4.90 Å². The monoisotopic (exact) mass is 423 g/mol. The molecule has 0 aliphatic carbocycles. The van der Waals surface area contributed by atoms with Crippen LogP contribution in [0.5, 0.6) is 0 Å². The number of carbonyl (C=O) groups is 1. The van der Waals surface area contributed by atoms with Crippen molar-refractivity contribution in [1.29, 1.82) is 0 Å². The number of rotatable bonds is 5. The van der Waals surface area contributed by atoms with Crippen molar-refractivity contribution in [3.8, 4) is 0 Å². The fraction of sp³-hybridized carbons (Fsp3) is 0.474. The van der Waals surface area contributed by atoms with Gasteiger partial charge in [0.1, 0.15) is 10.6 Å². The summed E-state index contributed by atoms with van der Waals surface area (Å²) in [4.78, 5) is 15.8. The second kappa shape index (κ2) is 8.67. The molecule has 1 saturated heterocycles. The van der Waals surface area contributed by atoms with Crippen LogP contribution in [0.1, 0.15) is 24.8 Å². The molecule has 2 aromatic rings. The summed E-state index contributed by atoms with van der Waals surface area (Å²) in [6.45, 7) is 6.68. The maximum absolute atomic E-state index is 13.0. The molecule has 152 valence electrons. The second-order valence-corrected chi connectivity index (χ2v) is 10.1. The molecule has 7 nitrogen and oxygen atoms in total. The van der Waals surface area contributed by atoms with Crippen molar-refractivity contribution in [3.63, 3.8) is 0 Å². The molecular weight excluding hydrogens is 398 g/mol. The van der Waals surface area contributed by atoms with Crippen LogP contribution in [0.3, 0.4) is 0 Å². The molecule has 0 saturated carbocycles. The highest BCUT2D eigenvalue weighted by Gasteiger charge is 2.33. The lowest BCUT2D eigenvalue weighted by molar-refractivity contribution is -0.130. The lowest BCUT2D eigenvalue weighted by Gasteiger charge is -2.24. The summed E-state index contributed by atoms with van der Waals surface area (Å²) in [6, 6.07) is 9.80. The van der Waals surface area contributed by atoms with Gasteiger partial charge in [0.05, 0.1) is 5.25 Å². The van der Waals surface area contributed by atoms with E-state index in [1.54, 1.807) is 18.7 Å². The molecule has 1 amide bonds. The van der Waals surface area contributed by atoms with Crippen molar-refractivity contribution in [2.75, 3.05) is 26.2 Å². The van der Waals surface area contributed by atoms with Gasteiger partial charge < -0.3 is 9.42 Å². The van der Waals surface area contributed by atoms with Crippen LogP contribution in [0.25, 0.3) is 0 Å². The summed E-state index contributed by atoms with van der Waals surface area (Å²) in [6.07, 6.45) is 0.594. The first-order valence-electron chi connectivity index (χ1n) is 9.24. The maximum Gasteiger partial charge on any atom is 0.248 e. The number of hydrogen-bond acceptors (Lipinski definition) is 6. The Bertz CT molecular complexity index is 908. The van der Waals surface area contributed by atoms with E-state index in [1.807, 2.05) is 37.3 Å². The van der Waals surface area contributed by atoms with Gasteiger partial charge >= 0.3 is 0 Å². The average molecular weight is 424 g/mol. The topological polar surface area (TPSA) is 83.7 Å². The minimum Gasteiger partial charge on any atom is -0.360 e. The number of carbonyl (C=O) groups excluding carboxylic acids is 1. The summed E-state index contributed by atoms with van der Waals surface area (Å²) in [7, 11) is -3.69. The van der Waals surface area contributed by atoms with Gasteiger partial charge in [-0.3, -0.25) is 4.79 Å². The Kier molecular flexibility index (Phi) is 6.47. The highest BCUT2D eigenvalue weighted by atomic mass is 32.2. The van der Waals surface area contributed by atoms with Crippen LogP contribution in [0, 0.1) is 13.8 Å². The molecule has 28 heavy (non-hydrogen) atoms. The first-order chi connectivity index (χ1) is 13.3. The predicted octanol–water partition coefficient (Wildman–Crippen LogP) is 2.70. The molecule has 3 rings (SSSR count). The van der Waals surface area contributed by atoms with E-state index in [-0.39, 0.29) is 22.6 Å². The predicted molar refractivity (Wildman–Crippen MR) is 108 cm³/mol. The number of sulfonamides is 1. The smallest absolute Gasteiger partial charge is 0.248 e. The molecule has 1 aromatic carbocycles. The number of nitrogens with zero attached hydrogens (tertiary/aromatic N) is 3. The van der Waals surface area contributed by atoms with E-state index in [4.69, 9.17) is 4.52 Å². The highest BCUT2D eigenvalue weighted by molar-refractivity contribution is 8.00. The molecule has 9 heteroatoms. The Hall–Kier alpha value is -1.84. The molecule has 0 spiro atoms. The molecule has 1 unspecified atom stereocenters.